The normalized spacial score (nSPS) is 10.2. The number of hydrogen-bond acceptors (Lipinski definition) is 2. The van der Waals surface area contributed by atoms with Gasteiger partial charge in [0.2, 0.25) is 0 Å². The molecule has 2 N–H and O–H groups in total. The highest BCUT2D eigenvalue weighted by Crippen LogP contribution is 2.25. The van der Waals surface area contributed by atoms with Gasteiger partial charge in [0.1, 0.15) is 5.75 Å². The fourth-order valence-electron chi connectivity index (χ4n) is 1.24. The molecular weight excluding hydrogens is 178 g/mol. The van der Waals surface area contributed by atoms with Crippen LogP contribution in [-0.2, 0) is 4.79 Å². The van der Waals surface area contributed by atoms with E-state index >= 15 is 0 Å². The van der Waals surface area contributed by atoms with E-state index in [4.69, 9.17) is 10.5 Å². The monoisotopic (exact) mass is 193 g/mol. The molecule has 0 saturated heterocycles. The molecule has 0 heterocycles. The van der Waals surface area contributed by atoms with Crippen molar-refractivity contribution in [3.63, 3.8) is 0 Å². The summed E-state index contributed by atoms with van der Waals surface area (Å²) < 4.78 is 5.29. The third-order valence-corrected chi connectivity index (χ3v) is 1.91. The second-order valence-electron chi connectivity index (χ2n) is 3.45. The molecule has 76 valence electrons. The van der Waals surface area contributed by atoms with Crippen molar-refractivity contribution in [2.45, 2.75) is 19.8 Å². The molecule has 0 aliphatic rings. The highest BCUT2D eigenvalue weighted by Gasteiger charge is 2.07. The smallest absolute Gasteiger partial charge is 0.255 e. The Morgan fingerprint density at radius 2 is 2.07 bits per heavy atom. The predicted octanol–water partition coefficient (Wildman–Crippen LogP) is 1.67. The van der Waals surface area contributed by atoms with Gasteiger partial charge in [0.05, 0.1) is 0 Å². The lowest BCUT2D eigenvalue weighted by atomic mass is 10.0. The summed E-state index contributed by atoms with van der Waals surface area (Å²) in [6.45, 7) is 4.09. The minimum Gasteiger partial charge on any atom is -0.483 e. The van der Waals surface area contributed by atoms with Gasteiger partial charge in [-0.1, -0.05) is 32.0 Å². The lowest BCUT2D eigenvalue weighted by molar-refractivity contribution is -0.119. The molecule has 1 rings (SSSR count). The number of hydrogen-bond donors (Lipinski definition) is 1. The first kappa shape index (κ1) is 10.6. The van der Waals surface area contributed by atoms with Crippen LogP contribution >= 0.6 is 0 Å². The Kier molecular flexibility index (Phi) is 3.51. The SMILES string of the molecule is CC(C)c1ccccc1OCC(N)=O. The quantitative estimate of drug-likeness (QED) is 0.790. The van der Waals surface area contributed by atoms with Crippen molar-refractivity contribution in [3.05, 3.63) is 29.8 Å². The number of rotatable bonds is 4. The number of benzene rings is 1. The van der Waals surface area contributed by atoms with Gasteiger partial charge in [-0.25, -0.2) is 0 Å². The lowest BCUT2D eigenvalue weighted by Crippen LogP contribution is -2.20. The molecule has 0 aliphatic heterocycles. The zero-order valence-electron chi connectivity index (χ0n) is 8.49. The van der Waals surface area contributed by atoms with Crippen molar-refractivity contribution in [3.8, 4) is 5.75 Å². The Labute approximate surface area is 83.9 Å². The molecule has 1 amide bonds. The van der Waals surface area contributed by atoms with Crippen molar-refractivity contribution in [2.75, 3.05) is 6.61 Å². The first-order valence-electron chi connectivity index (χ1n) is 4.61. The maximum atomic E-state index is 10.6. The molecule has 0 bridgehead atoms. The van der Waals surface area contributed by atoms with Crippen LogP contribution in [0.2, 0.25) is 0 Å². The van der Waals surface area contributed by atoms with Gasteiger partial charge >= 0.3 is 0 Å². The molecule has 3 nitrogen and oxygen atoms in total. The standard InChI is InChI=1S/C11H15NO2/c1-8(2)9-5-3-4-6-10(9)14-7-11(12)13/h3-6,8H,7H2,1-2H3,(H2,12,13). The van der Waals surface area contributed by atoms with Gasteiger partial charge in [0.25, 0.3) is 5.91 Å². The van der Waals surface area contributed by atoms with Crippen molar-refractivity contribution in [1.29, 1.82) is 0 Å². The molecule has 0 saturated carbocycles. The molecule has 1 aromatic rings. The summed E-state index contributed by atoms with van der Waals surface area (Å²) in [5.74, 6) is 0.656. The Hall–Kier alpha value is -1.51. The van der Waals surface area contributed by atoms with Gasteiger partial charge in [0.15, 0.2) is 6.61 Å². The first-order valence-corrected chi connectivity index (χ1v) is 4.61. The van der Waals surface area contributed by atoms with E-state index in [1.165, 1.54) is 0 Å². The van der Waals surface area contributed by atoms with Crippen LogP contribution in [0.25, 0.3) is 0 Å². The molecule has 1 aromatic carbocycles. The Morgan fingerprint density at radius 3 is 2.64 bits per heavy atom. The maximum absolute atomic E-state index is 10.6. The van der Waals surface area contributed by atoms with Crippen LogP contribution in [0.3, 0.4) is 0 Å². The summed E-state index contributed by atoms with van der Waals surface area (Å²) in [5, 5.41) is 0. The fraction of sp³-hybridized carbons (Fsp3) is 0.364. The number of carbonyl (C=O) groups is 1. The van der Waals surface area contributed by atoms with E-state index in [0.29, 0.717) is 5.92 Å². The average molecular weight is 193 g/mol. The molecule has 0 aromatic heterocycles. The number of para-hydroxylation sites is 1. The maximum Gasteiger partial charge on any atom is 0.255 e. The third-order valence-electron chi connectivity index (χ3n) is 1.91. The van der Waals surface area contributed by atoms with Crippen LogP contribution in [0.1, 0.15) is 25.3 Å². The zero-order valence-corrected chi connectivity index (χ0v) is 8.49. The van der Waals surface area contributed by atoms with Gasteiger partial charge in [-0.2, -0.15) is 0 Å². The molecule has 0 radical (unpaired) electrons. The van der Waals surface area contributed by atoms with Gasteiger partial charge < -0.3 is 10.5 Å². The van der Waals surface area contributed by atoms with Crippen molar-refractivity contribution in [1.82, 2.24) is 0 Å². The predicted molar refractivity (Wildman–Crippen MR) is 55.2 cm³/mol. The topological polar surface area (TPSA) is 52.3 Å². The summed E-state index contributed by atoms with van der Waals surface area (Å²) in [6, 6.07) is 7.66. The second-order valence-corrected chi connectivity index (χ2v) is 3.45. The number of ether oxygens (including phenoxy) is 1. The Bertz CT molecular complexity index is 321. The van der Waals surface area contributed by atoms with E-state index in [0.717, 1.165) is 11.3 Å². The highest BCUT2D eigenvalue weighted by atomic mass is 16.5. The first-order chi connectivity index (χ1) is 6.61. The van der Waals surface area contributed by atoms with Crippen LogP contribution in [0.4, 0.5) is 0 Å². The van der Waals surface area contributed by atoms with Crippen molar-refractivity contribution < 1.29 is 9.53 Å². The van der Waals surface area contributed by atoms with Crippen molar-refractivity contribution in [2.24, 2.45) is 5.73 Å². The largest absolute Gasteiger partial charge is 0.483 e. The molecular formula is C11H15NO2. The number of primary amides is 1. The molecule has 3 heteroatoms. The number of nitrogens with two attached hydrogens (primary N) is 1. The van der Waals surface area contributed by atoms with E-state index in [9.17, 15) is 4.79 Å². The van der Waals surface area contributed by atoms with Gasteiger partial charge in [-0.05, 0) is 17.5 Å². The molecule has 0 spiro atoms. The second kappa shape index (κ2) is 4.65. The van der Waals surface area contributed by atoms with E-state index in [-0.39, 0.29) is 6.61 Å². The molecule has 14 heavy (non-hydrogen) atoms. The van der Waals surface area contributed by atoms with E-state index in [2.05, 4.69) is 13.8 Å². The summed E-state index contributed by atoms with van der Waals surface area (Å²) in [6.07, 6.45) is 0. The average Bonchev–Trinajstić information content (AvgIpc) is 2.15. The van der Waals surface area contributed by atoms with Crippen LogP contribution in [0, 0.1) is 0 Å². The van der Waals surface area contributed by atoms with Crippen LogP contribution in [0.5, 0.6) is 5.75 Å². The van der Waals surface area contributed by atoms with E-state index in [1.807, 2.05) is 24.3 Å². The Morgan fingerprint density at radius 1 is 1.43 bits per heavy atom. The summed E-state index contributed by atoms with van der Waals surface area (Å²) in [4.78, 5) is 10.6. The fourth-order valence-corrected chi connectivity index (χ4v) is 1.24. The highest BCUT2D eigenvalue weighted by molar-refractivity contribution is 5.75. The van der Waals surface area contributed by atoms with E-state index in [1.54, 1.807) is 0 Å². The molecule has 0 unspecified atom stereocenters. The van der Waals surface area contributed by atoms with Crippen LogP contribution in [-0.4, -0.2) is 12.5 Å². The van der Waals surface area contributed by atoms with Crippen molar-refractivity contribution >= 4 is 5.91 Å². The zero-order chi connectivity index (χ0) is 10.6. The van der Waals surface area contributed by atoms with Crippen LogP contribution < -0.4 is 10.5 Å². The summed E-state index contributed by atoms with van der Waals surface area (Å²) in [7, 11) is 0. The van der Waals surface area contributed by atoms with Gasteiger partial charge in [-0.15, -0.1) is 0 Å². The Balaban J connectivity index is 2.79. The number of amides is 1. The summed E-state index contributed by atoms with van der Waals surface area (Å²) in [5.41, 5.74) is 6.09. The minimum absolute atomic E-state index is 0.0657. The minimum atomic E-state index is -0.455. The van der Waals surface area contributed by atoms with Gasteiger partial charge in [-0.3, -0.25) is 4.79 Å². The van der Waals surface area contributed by atoms with Gasteiger partial charge in [0, 0.05) is 0 Å². The molecule has 0 fully saturated rings. The van der Waals surface area contributed by atoms with Crippen LogP contribution in [0.15, 0.2) is 24.3 Å². The lowest BCUT2D eigenvalue weighted by Gasteiger charge is -2.12. The van der Waals surface area contributed by atoms with E-state index < -0.39 is 5.91 Å². The third kappa shape index (κ3) is 2.76. The summed E-state index contributed by atoms with van der Waals surface area (Å²) >= 11 is 0. The molecule has 0 atom stereocenters. The number of carbonyl (C=O) groups excluding carboxylic acids is 1. The molecule has 0 aliphatic carbocycles.